The van der Waals surface area contributed by atoms with E-state index in [9.17, 15) is 21.6 Å². The van der Waals surface area contributed by atoms with Crippen molar-refractivity contribution in [1.82, 2.24) is 4.31 Å². The molecule has 8 nitrogen and oxygen atoms in total. The van der Waals surface area contributed by atoms with Crippen molar-refractivity contribution in [2.45, 2.75) is 18.6 Å². The van der Waals surface area contributed by atoms with Crippen LogP contribution in [0.25, 0.3) is 0 Å². The molecule has 0 atom stereocenters. The zero-order chi connectivity index (χ0) is 23.5. The Morgan fingerprint density at radius 1 is 1.09 bits per heavy atom. The van der Waals surface area contributed by atoms with Crippen molar-refractivity contribution >= 4 is 48.9 Å². The summed E-state index contributed by atoms with van der Waals surface area (Å²) in [5.41, 5.74) is 1.47. The van der Waals surface area contributed by atoms with Gasteiger partial charge in [0, 0.05) is 36.8 Å². The molecule has 1 saturated heterocycles. The molecular weight excluding hydrogens is 474 g/mol. The molecule has 32 heavy (non-hydrogen) atoms. The van der Waals surface area contributed by atoms with Crippen molar-refractivity contribution in [2.75, 3.05) is 36.0 Å². The van der Waals surface area contributed by atoms with Gasteiger partial charge < -0.3 is 5.32 Å². The summed E-state index contributed by atoms with van der Waals surface area (Å²) in [7, 11) is -5.52. The Bertz CT molecular complexity index is 1190. The topological polar surface area (TPSA) is 104 Å². The van der Waals surface area contributed by atoms with Gasteiger partial charge in [0.1, 0.15) is 0 Å². The van der Waals surface area contributed by atoms with Gasteiger partial charge in [-0.15, -0.1) is 0 Å². The predicted molar refractivity (Wildman–Crippen MR) is 127 cm³/mol. The van der Waals surface area contributed by atoms with Gasteiger partial charge in [0.05, 0.1) is 17.7 Å². The van der Waals surface area contributed by atoms with Crippen LogP contribution in [0.2, 0.25) is 5.02 Å². The summed E-state index contributed by atoms with van der Waals surface area (Å²) in [5.74, 6) is -0.727. The number of rotatable bonds is 7. The van der Waals surface area contributed by atoms with Gasteiger partial charge >= 0.3 is 0 Å². The normalized spacial score (nSPS) is 16.0. The number of amides is 1. The highest BCUT2D eigenvalue weighted by atomic mass is 35.5. The van der Waals surface area contributed by atoms with Crippen LogP contribution in [0, 0.1) is 5.92 Å². The van der Waals surface area contributed by atoms with Crippen LogP contribution in [0.3, 0.4) is 0 Å². The summed E-state index contributed by atoms with van der Waals surface area (Å²) in [5, 5.41) is 3.22. The number of piperidine rings is 1. The van der Waals surface area contributed by atoms with Gasteiger partial charge in [0.2, 0.25) is 26.0 Å². The van der Waals surface area contributed by atoms with Crippen LogP contribution in [0.5, 0.6) is 0 Å². The van der Waals surface area contributed by atoms with E-state index in [2.05, 4.69) is 5.32 Å². The molecule has 0 saturated carbocycles. The van der Waals surface area contributed by atoms with E-state index in [4.69, 9.17) is 11.6 Å². The maximum Gasteiger partial charge on any atom is 0.231 e. The average Bonchev–Trinajstić information content (AvgIpc) is 2.74. The third kappa shape index (κ3) is 6.00. The first-order valence-corrected chi connectivity index (χ1v) is 13.9. The Kier molecular flexibility index (Phi) is 7.49. The minimum Gasteiger partial charge on any atom is -0.326 e. The van der Waals surface area contributed by atoms with Gasteiger partial charge in [-0.2, -0.15) is 0 Å². The Hall–Kier alpha value is -2.14. The first kappa shape index (κ1) is 24.5. The third-order valence-corrected chi connectivity index (χ3v) is 8.89. The lowest BCUT2D eigenvalue weighted by atomic mass is 9.97. The number of hydrogen-bond acceptors (Lipinski definition) is 5. The van der Waals surface area contributed by atoms with Gasteiger partial charge in [-0.05, 0) is 42.7 Å². The largest absolute Gasteiger partial charge is 0.326 e. The first-order chi connectivity index (χ1) is 15.0. The smallest absolute Gasteiger partial charge is 0.231 e. The van der Waals surface area contributed by atoms with E-state index < -0.39 is 20.0 Å². The Morgan fingerprint density at radius 2 is 1.75 bits per heavy atom. The fraction of sp³-hybridized carbons (Fsp3) is 0.381. The molecule has 0 unspecified atom stereocenters. The first-order valence-electron chi connectivity index (χ1n) is 10.0. The molecule has 3 rings (SSSR count). The maximum atomic E-state index is 12.8. The number of halogens is 1. The lowest BCUT2D eigenvalue weighted by Crippen LogP contribution is -2.41. The van der Waals surface area contributed by atoms with E-state index in [-0.39, 0.29) is 30.7 Å². The van der Waals surface area contributed by atoms with Gasteiger partial charge in [0.25, 0.3) is 0 Å². The molecular formula is C21H26ClN3O5S2. The zero-order valence-corrected chi connectivity index (χ0v) is 20.3. The van der Waals surface area contributed by atoms with Crippen LogP contribution in [0.15, 0.2) is 48.5 Å². The quantitative estimate of drug-likeness (QED) is 0.630. The molecule has 1 N–H and O–H groups in total. The van der Waals surface area contributed by atoms with Crippen molar-refractivity contribution in [2.24, 2.45) is 5.92 Å². The molecule has 1 aliphatic rings. The lowest BCUT2D eigenvalue weighted by Gasteiger charge is -2.30. The van der Waals surface area contributed by atoms with Crippen LogP contribution in [0.1, 0.15) is 18.4 Å². The molecule has 1 amide bonds. The van der Waals surface area contributed by atoms with Crippen LogP contribution >= 0.6 is 11.6 Å². The van der Waals surface area contributed by atoms with Crippen molar-refractivity contribution < 1.29 is 21.6 Å². The standard InChI is InChI=1S/C21H26ClN3O5S2/c1-24(31(2,27)28)19-8-5-7-18(14-19)23-21(26)16-10-12-25(13-11-16)32(29,30)15-17-6-3-4-9-20(17)22/h3-9,14,16H,10-13,15H2,1-2H3,(H,23,26). The minimum absolute atomic E-state index is 0.176. The monoisotopic (exact) mass is 499 g/mol. The number of hydrogen-bond donors (Lipinski definition) is 1. The van der Waals surface area contributed by atoms with E-state index >= 15 is 0 Å². The molecule has 1 aliphatic heterocycles. The molecule has 174 valence electrons. The zero-order valence-electron chi connectivity index (χ0n) is 17.9. The van der Waals surface area contributed by atoms with Crippen LogP contribution in [-0.4, -0.2) is 53.4 Å². The Labute approximate surface area is 194 Å². The summed E-state index contributed by atoms with van der Waals surface area (Å²) in [6.45, 7) is 0.503. The third-order valence-electron chi connectivity index (χ3n) is 5.49. The van der Waals surface area contributed by atoms with Gasteiger partial charge in [-0.1, -0.05) is 35.9 Å². The molecule has 0 aliphatic carbocycles. The summed E-state index contributed by atoms with van der Waals surface area (Å²) in [6.07, 6.45) is 1.90. The SMILES string of the molecule is CN(c1cccc(NC(=O)C2CCN(S(=O)(=O)Cc3ccccc3Cl)CC2)c1)S(C)(=O)=O. The predicted octanol–water partition coefficient (Wildman–Crippen LogP) is 2.92. The lowest BCUT2D eigenvalue weighted by molar-refractivity contribution is -0.120. The second kappa shape index (κ2) is 9.78. The van der Waals surface area contributed by atoms with Crippen molar-refractivity contribution in [3.63, 3.8) is 0 Å². The molecule has 0 radical (unpaired) electrons. The summed E-state index contributed by atoms with van der Waals surface area (Å²) in [4.78, 5) is 12.7. The summed E-state index contributed by atoms with van der Waals surface area (Å²) in [6, 6.07) is 13.4. The number of carbonyl (C=O) groups excluding carboxylic acids is 1. The van der Waals surface area contributed by atoms with Crippen molar-refractivity contribution in [1.29, 1.82) is 0 Å². The molecule has 11 heteroatoms. The number of nitrogens with zero attached hydrogens (tertiary/aromatic N) is 2. The fourth-order valence-corrected chi connectivity index (χ4v) is 5.89. The molecule has 2 aromatic rings. The average molecular weight is 500 g/mol. The van der Waals surface area contributed by atoms with Gasteiger partial charge in [-0.3, -0.25) is 9.10 Å². The van der Waals surface area contributed by atoms with E-state index in [1.54, 1.807) is 48.5 Å². The second-order valence-corrected chi connectivity index (χ2v) is 12.2. The highest BCUT2D eigenvalue weighted by Crippen LogP contribution is 2.26. The van der Waals surface area contributed by atoms with Crippen LogP contribution < -0.4 is 9.62 Å². The number of carbonyl (C=O) groups is 1. The summed E-state index contributed by atoms with van der Waals surface area (Å²) >= 11 is 6.09. The number of anilines is 2. The molecule has 0 aromatic heterocycles. The highest BCUT2D eigenvalue weighted by molar-refractivity contribution is 7.92. The van der Waals surface area contributed by atoms with Crippen molar-refractivity contribution in [3.8, 4) is 0 Å². The summed E-state index contributed by atoms with van der Waals surface area (Å²) < 4.78 is 51.5. The van der Waals surface area contributed by atoms with Gasteiger partial charge in [-0.25, -0.2) is 21.1 Å². The second-order valence-electron chi connectivity index (χ2n) is 7.79. The Balaban J connectivity index is 1.60. The number of sulfonamides is 2. The fourth-order valence-electron chi connectivity index (χ4n) is 3.51. The van der Waals surface area contributed by atoms with E-state index in [1.807, 2.05) is 0 Å². The van der Waals surface area contributed by atoms with Crippen molar-refractivity contribution in [3.05, 3.63) is 59.1 Å². The number of nitrogens with one attached hydrogen (secondary N) is 1. The number of benzene rings is 2. The van der Waals surface area contributed by atoms with Gasteiger partial charge in [0.15, 0.2) is 0 Å². The van der Waals surface area contributed by atoms with E-state index in [1.165, 1.54) is 11.4 Å². The molecule has 1 heterocycles. The molecule has 1 fully saturated rings. The maximum absolute atomic E-state index is 12.8. The van der Waals surface area contributed by atoms with Crippen LogP contribution in [-0.2, 0) is 30.6 Å². The molecule has 0 bridgehead atoms. The highest BCUT2D eigenvalue weighted by Gasteiger charge is 2.31. The Morgan fingerprint density at radius 3 is 2.38 bits per heavy atom. The van der Waals surface area contributed by atoms with Crippen LogP contribution in [0.4, 0.5) is 11.4 Å². The minimum atomic E-state index is -3.54. The molecule has 2 aromatic carbocycles. The van der Waals surface area contributed by atoms with E-state index in [0.29, 0.717) is 34.8 Å². The molecule has 0 spiro atoms. The van der Waals surface area contributed by atoms with E-state index in [0.717, 1.165) is 10.6 Å².